The van der Waals surface area contributed by atoms with E-state index in [1.165, 1.54) is 58.8 Å². The summed E-state index contributed by atoms with van der Waals surface area (Å²) in [5, 5.41) is 0. The van der Waals surface area contributed by atoms with Gasteiger partial charge in [-0.2, -0.15) is 6.08 Å². The molecule has 3 heteroatoms. The molecule has 38 heavy (non-hydrogen) atoms. The third kappa shape index (κ3) is 8.10. The van der Waals surface area contributed by atoms with Crippen LogP contribution in [-0.4, -0.2) is 3.21 Å². The molecule has 0 nitrogen and oxygen atoms in total. The van der Waals surface area contributed by atoms with Crippen LogP contribution in [0.4, 0.5) is 0 Å². The molecule has 4 aromatic carbocycles. The summed E-state index contributed by atoms with van der Waals surface area (Å²) in [6.07, 6.45) is 11.0. The minimum absolute atomic E-state index is 0. The zero-order chi connectivity index (χ0) is 25.5. The normalized spacial score (nSPS) is 11.5. The maximum absolute atomic E-state index is 3.62. The molecule has 192 valence electrons. The monoisotopic (exact) mass is 612 g/mol. The summed E-state index contributed by atoms with van der Waals surface area (Å²) < 4.78 is 1.51. The van der Waals surface area contributed by atoms with E-state index < -0.39 is 0 Å². The molecule has 0 unspecified atom stereocenters. The Bertz CT molecular complexity index is 1310. The van der Waals surface area contributed by atoms with Gasteiger partial charge in [0.05, 0.1) is 0 Å². The van der Waals surface area contributed by atoms with Crippen molar-refractivity contribution < 1.29 is 49.0 Å². The number of rotatable bonds is 2. The summed E-state index contributed by atoms with van der Waals surface area (Å²) in [5.74, 6) is 0. The molecule has 0 saturated carbocycles. The number of hydrogen-bond donors (Lipinski definition) is 0. The van der Waals surface area contributed by atoms with Gasteiger partial charge in [-0.3, -0.25) is 6.08 Å². The Morgan fingerprint density at radius 1 is 0.737 bits per heavy atom. The zero-order valence-corrected chi connectivity index (χ0v) is 26.4. The van der Waals surface area contributed by atoms with Gasteiger partial charge in [-0.15, -0.1) is 35.2 Å². The smallest absolute Gasteiger partial charge is 0.0176 e. The summed E-state index contributed by atoms with van der Waals surface area (Å²) in [4.78, 5) is 0. The third-order valence-corrected chi connectivity index (χ3v) is 6.28. The quantitative estimate of drug-likeness (QED) is 0.269. The van der Waals surface area contributed by atoms with Crippen molar-refractivity contribution in [3.8, 4) is 33.4 Å². The zero-order valence-electron chi connectivity index (χ0n) is 22.4. The first kappa shape index (κ1) is 31.9. The number of benzene rings is 4. The van der Waals surface area contributed by atoms with Crippen LogP contribution in [0.25, 0.3) is 33.4 Å². The van der Waals surface area contributed by atoms with E-state index in [2.05, 4.69) is 125 Å². The molecule has 0 spiro atoms. The topological polar surface area (TPSA) is 0 Å². The van der Waals surface area contributed by atoms with E-state index in [0.717, 1.165) is 12.8 Å². The van der Waals surface area contributed by atoms with Crippen molar-refractivity contribution in [2.75, 3.05) is 0 Å². The second-order valence-electron chi connectivity index (χ2n) is 9.43. The van der Waals surface area contributed by atoms with E-state index in [-0.39, 0.29) is 24.8 Å². The molecule has 0 fully saturated rings. The molecular formula is C35H32Cl2Zr-2. The van der Waals surface area contributed by atoms with Crippen molar-refractivity contribution in [1.82, 2.24) is 0 Å². The fourth-order valence-corrected chi connectivity index (χ4v) is 4.59. The minimum Gasteiger partial charge on any atom is -1.00 e. The van der Waals surface area contributed by atoms with Gasteiger partial charge < -0.3 is 24.8 Å². The van der Waals surface area contributed by atoms with Crippen LogP contribution in [0.3, 0.4) is 0 Å². The van der Waals surface area contributed by atoms with Crippen LogP contribution in [0.15, 0.2) is 97.1 Å². The SMILES string of the molecule is C[C](C)=[Zr+2].Cc1[c-]c(-c2ccccc2)cc2c1Cc1c(C)cc(-c3ccccc3)cc1-2.[C-]1=CC=CC1.[Cl-].[Cl-]. The molecule has 6 rings (SSSR count). The molecule has 0 aromatic heterocycles. The van der Waals surface area contributed by atoms with E-state index in [9.17, 15) is 0 Å². The Morgan fingerprint density at radius 2 is 1.32 bits per heavy atom. The van der Waals surface area contributed by atoms with Crippen LogP contribution in [0.1, 0.15) is 42.5 Å². The van der Waals surface area contributed by atoms with Gasteiger partial charge in [0.2, 0.25) is 0 Å². The van der Waals surface area contributed by atoms with Gasteiger partial charge >= 0.3 is 41.3 Å². The van der Waals surface area contributed by atoms with E-state index in [1.54, 1.807) is 24.2 Å². The Balaban J connectivity index is 0.000000398. The van der Waals surface area contributed by atoms with Gasteiger partial charge in [0, 0.05) is 0 Å². The molecule has 0 atom stereocenters. The molecular weight excluding hydrogens is 583 g/mol. The summed E-state index contributed by atoms with van der Waals surface area (Å²) in [6, 6.07) is 31.9. The van der Waals surface area contributed by atoms with E-state index in [1.807, 2.05) is 12.2 Å². The average molecular weight is 615 g/mol. The standard InChI is InChI=1S/C27H21.C5H5.C3H6.2ClH.Zr/c1-18-13-22(20-9-5-3-6-10-20)15-26-24(18)17-25-19(2)14-23(16-27(25)26)21-11-7-4-8-12-21;1-2-4-5-3-1;1-3-2;;;/h3-13,15-16H,17H2,1-2H3;1-3H,4H2;1-2H3;2*1H;/q2*-1;;;;+2/p-2. The van der Waals surface area contributed by atoms with Crippen LogP contribution in [0, 0.1) is 26.0 Å². The summed E-state index contributed by atoms with van der Waals surface area (Å²) in [6.45, 7) is 8.69. The maximum atomic E-state index is 3.62. The Kier molecular flexibility index (Phi) is 12.9. The summed E-state index contributed by atoms with van der Waals surface area (Å²) in [5.41, 5.74) is 13.3. The van der Waals surface area contributed by atoms with Gasteiger partial charge in [-0.05, 0) is 47.2 Å². The number of allylic oxidation sites excluding steroid dienone is 4. The molecule has 0 bridgehead atoms. The van der Waals surface area contributed by atoms with Gasteiger partial charge in [0.15, 0.2) is 0 Å². The van der Waals surface area contributed by atoms with Crippen molar-refractivity contribution in [2.24, 2.45) is 0 Å². The summed E-state index contributed by atoms with van der Waals surface area (Å²) >= 11 is 1.55. The number of aryl methyl sites for hydroxylation is 2. The van der Waals surface area contributed by atoms with Gasteiger partial charge in [-0.1, -0.05) is 84.8 Å². The van der Waals surface area contributed by atoms with Crippen molar-refractivity contribution in [1.29, 1.82) is 0 Å². The first-order chi connectivity index (χ1) is 17.4. The number of hydrogen-bond acceptors (Lipinski definition) is 0. The molecule has 0 N–H and O–H groups in total. The van der Waals surface area contributed by atoms with E-state index in [0.29, 0.717) is 0 Å². The average Bonchev–Trinajstić information content (AvgIpc) is 3.58. The largest absolute Gasteiger partial charge is 1.00 e. The molecule has 0 heterocycles. The predicted molar refractivity (Wildman–Crippen MR) is 152 cm³/mol. The Labute approximate surface area is 256 Å². The van der Waals surface area contributed by atoms with Crippen molar-refractivity contribution >= 4 is 3.21 Å². The van der Waals surface area contributed by atoms with Crippen molar-refractivity contribution in [3.63, 3.8) is 0 Å². The van der Waals surface area contributed by atoms with Crippen molar-refractivity contribution in [3.05, 3.63) is 131 Å². The second kappa shape index (κ2) is 15.3. The van der Waals surface area contributed by atoms with E-state index in [4.69, 9.17) is 0 Å². The molecule has 2 aliphatic rings. The van der Waals surface area contributed by atoms with Crippen molar-refractivity contribution in [2.45, 2.75) is 40.5 Å². The van der Waals surface area contributed by atoms with Crippen LogP contribution in [0.2, 0.25) is 0 Å². The molecule has 0 radical (unpaired) electrons. The Morgan fingerprint density at radius 3 is 1.84 bits per heavy atom. The van der Waals surface area contributed by atoms with Crippen LogP contribution >= 0.6 is 0 Å². The molecule has 2 aliphatic carbocycles. The molecule has 0 saturated heterocycles. The minimum atomic E-state index is 0. The molecule has 4 aromatic rings. The van der Waals surface area contributed by atoms with Gasteiger partial charge in [0.1, 0.15) is 0 Å². The molecule has 0 aliphatic heterocycles. The van der Waals surface area contributed by atoms with E-state index >= 15 is 0 Å². The van der Waals surface area contributed by atoms with Crippen LogP contribution in [0.5, 0.6) is 0 Å². The number of halogens is 2. The fourth-order valence-electron chi connectivity index (χ4n) is 4.59. The van der Waals surface area contributed by atoms with Gasteiger partial charge in [0.25, 0.3) is 0 Å². The maximum Gasteiger partial charge on any atom is -0.0176 e. The predicted octanol–water partition coefficient (Wildman–Crippen LogP) is 3.07. The molecule has 0 amide bonds. The van der Waals surface area contributed by atoms with Crippen LogP contribution < -0.4 is 24.8 Å². The second-order valence-corrected chi connectivity index (χ2v) is 11.9. The summed E-state index contributed by atoms with van der Waals surface area (Å²) in [7, 11) is 0. The third-order valence-electron chi connectivity index (χ3n) is 6.28. The first-order valence-corrected chi connectivity index (χ1v) is 13.7. The Hall–Kier alpha value is -2.31. The first-order valence-electron chi connectivity index (χ1n) is 12.5. The fraction of sp³-hybridized carbons (Fsp3) is 0.171. The van der Waals surface area contributed by atoms with Gasteiger partial charge in [-0.25, -0.2) is 12.2 Å². The number of fused-ring (bicyclic) bond motifs is 3. The van der Waals surface area contributed by atoms with Crippen LogP contribution in [-0.2, 0) is 30.7 Å².